The number of amides is 1. The van der Waals surface area contributed by atoms with Crippen LogP contribution in [-0.4, -0.2) is 39.2 Å². The monoisotopic (exact) mass is 407 g/mol. The Morgan fingerprint density at radius 2 is 1.72 bits per heavy atom. The van der Waals surface area contributed by atoms with Crippen LogP contribution in [0.4, 0.5) is 15.8 Å². The van der Waals surface area contributed by atoms with Gasteiger partial charge < -0.3 is 20.3 Å². The van der Waals surface area contributed by atoms with Gasteiger partial charge in [-0.05, 0) is 36.4 Å². The number of piperazine rings is 1. The highest BCUT2D eigenvalue weighted by Crippen LogP contribution is 2.29. The number of hydrogen-bond acceptors (Lipinski definition) is 4. The van der Waals surface area contributed by atoms with Gasteiger partial charge in [-0.1, -0.05) is 15.9 Å². The van der Waals surface area contributed by atoms with Crippen LogP contribution < -0.4 is 20.3 Å². The number of ether oxygens (including phenoxy) is 1. The molecule has 0 atom stereocenters. The van der Waals surface area contributed by atoms with Crippen molar-refractivity contribution < 1.29 is 13.9 Å². The first-order valence-electron chi connectivity index (χ1n) is 7.92. The number of rotatable bonds is 4. The highest BCUT2D eigenvalue weighted by molar-refractivity contribution is 9.10. The summed E-state index contributed by atoms with van der Waals surface area (Å²) in [4.78, 5) is 15.9. The molecule has 1 aliphatic rings. The van der Waals surface area contributed by atoms with E-state index < -0.39 is 11.7 Å². The second-order valence-electron chi connectivity index (χ2n) is 5.82. The fraction of sp³-hybridized carbons (Fsp3) is 0.278. The highest BCUT2D eigenvalue weighted by atomic mass is 79.9. The molecule has 1 saturated heterocycles. The maximum Gasteiger partial charge on any atom is 0.253 e. The number of anilines is 2. The lowest BCUT2D eigenvalue weighted by atomic mass is 10.1. The predicted octanol–water partition coefficient (Wildman–Crippen LogP) is 3.02. The van der Waals surface area contributed by atoms with Crippen molar-refractivity contribution in [2.75, 3.05) is 43.1 Å². The molecule has 25 heavy (non-hydrogen) atoms. The van der Waals surface area contributed by atoms with Gasteiger partial charge in [-0.3, -0.25) is 4.79 Å². The summed E-state index contributed by atoms with van der Waals surface area (Å²) < 4.78 is 19.9. The number of benzene rings is 2. The Labute approximate surface area is 154 Å². The van der Waals surface area contributed by atoms with E-state index in [1.807, 2.05) is 29.2 Å². The smallest absolute Gasteiger partial charge is 0.253 e. The van der Waals surface area contributed by atoms with Gasteiger partial charge in [-0.25, -0.2) is 4.39 Å². The van der Waals surface area contributed by atoms with Gasteiger partial charge in [0.25, 0.3) is 5.91 Å². The van der Waals surface area contributed by atoms with Crippen LogP contribution in [0.3, 0.4) is 0 Å². The molecule has 0 aromatic heterocycles. The molecule has 1 fully saturated rings. The molecule has 2 aromatic carbocycles. The molecule has 2 aromatic rings. The average molecular weight is 408 g/mol. The quantitative estimate of drug-likeness (QED) is 0.845. The number of halogens is 2. The van der Waals surface area contributed by atoms with Gasteiger partial charge in [-0.15, -0.1) is 0 Å². The van der Waals surface area contributed by atoms with Crippen LogP contribution in [0, 0.1) is 5.82 Å². The molecule has 0 spiro atoms. The number of nitrogens with two attached hydrogens (primary N) is 1. The van der Waals surface area contributed by atoms with Gasteiger partial charge in [0, 0.05) is 36.3 Å². The van der Waals surface area contributed by atoms with E-state index in [1.165, 1.54) is 6.07 Å². The van der Waals surface area contributed by atoms with E-state index in [9.17, 15) is 9.18 Å². The molecule has 0 aliphatic carbocycles. The lowest BCUT2D eigenvalue weighted by molar-refractivity contribution is 0.0997. The van der Waals surface area contributed by atoms with Crippen molar-refractivity contribution in [3.8, 4) is 5.75 Å². The van der Waals surface area contributed by atoms with E-state index >= 15 is 0 Å². The summed E-state index contributed by atoms with van der Waals surface area (Å²) in [6.07, 6.45) is 0. The van der Waals surface area contributed by atoms with E-state index in [-0.39, 0.29) is 5.56 Å². The lowest BCUT2D eigenvalue weighted by Crippen LogP contribution is -2.47. The topological polar surface area (TPSA) is 58.8 Å². The molecular weight excluding hydrogens is 389 g/mol. The van der Waals surface area contributed by atoms with E-state index in [1.54, 1.807) is 13.2 Å². The average Bonchev–Trinajstić information content (AvgIpc) is 2.61. The lowest BCUT2D eigenvalue weighted by Gasteiger charge is -2.38. The number of hydrogen-bond donors (Lipinski definition) is 1. The SMILES string of the molecule is COc1ccc(N2CCN(c3cc(Br)cc(F)c3C(N)=O)CC2)cc1. The Morgan fingerprint density at radius 3 is 2.28 bits per heavy atom. The summed E-state index contributed by atoms with van der Waals surface area (Å²) >= 11 is 3.28. The van der Waals surface area contributed by atoms with Crippen molar-refractivity contribution in [2.24, 2.45) is 5.73 Å². The van der Waals surface area contributed by atoms with Crippen molar-refractivity contribution in [2.45, 2.75) is 0 Å². The predicted molar refractivity (Wildman–Crippen MR) is 100 cm³/mol. The van der Waals surface area contributed by atoms with Gasteiger partial charge >= 0.3 is 0 Å². The summed E-state index contributed by atoms with van der Waals surface area (Å²) in [5.41, 5.74) is 6.96. The fourth-order valence-corrected chi connectivity index (χ4v) is 3.47. The second kappa shape index (κ2) is 7.31. The Hall–Kier alpha value is -2.28. The minimum atomic E-state index is -0.752. The summed E-state index contributed by atoms with van der Waals surface area (Å²) in [6.45, 7) is 2.86. The number of carbonyl (C=O) groups is 1. The third kappa shape index (κ3) is 3.71. The van der Waals surface area contributed by atoms with Crippen molar-refractivity contribution in [1.82, 2.24) is 0 Å². The first kappa shape index (κ1) is 17.5. The maximum atomic E-state index is 14.1. The summed E-state index contributed by atoms with van der Waals surface area (Å²) in [6, 6.07) is 10.9. The van der Waals surface area contributed by atoms with E-state index in [0.717, 1.165) is 24.5 Å². The Kier molecular flexibility index (Phi) is 5.13. The molecule has 7 heteroatoms. The summed E-state index contributed by atoms with van der Waals surface area (Å²) in [5, 5.41) is 0. The second-order valence-corrected chi connectivity index (χ2v) is 6.73. The van der Waals surface area contributed by atoms with Crippen molar-refractivity contribution in [3.05, 3.63) is 52.3 Å². The molecule has 2 N–H and O–H groups in total. The highest BCUT2D eigenvalue weighted by Gasteiger charge is 2.24. The van der Waals surface area contributed by atoms with Gasteiger partial charge in [0.2, 0.25) is 0 Å². The normalized spacial score (nSPS) is 14.5. The van der Waals surface area contributed by atoms with Crippen LogP contribution in [0.2, 0.25) is 0 Å². The molecule has 0 radical (unpaired) electrons. The molecular formula is C18H19BrFN3O2. The van der Waals surface area contributed by atoms with Crippen molar-refractivity contribution >= 4 is 33.2 Å². The summed E-state index contributed by atoms with van der Waals surface area (Å²) in [7, 11) is 1.64. The van der Waals surface area contributed by atoms with Gasteiger partial charge in [0.05, 0.1) is 18.4 Å². The van der Waals surface area contributed by atoms with Gasteiger partial charge in [0.15, 0.2) is 0 Å². The van der Waals surface area contributed by atoms with E-state index in [2.05, 4.69) is 20.8 Å². The molecule has 132 valence electrons. The summed E-state index contributed by atoms with van der Waals surface area (Å²) in [5.74, 6) is -0.537. The van der Waals surface area contributed by atoms with Crippen LogP contribution in [0.5, 0.6) is 5.75 Å². The molecule has 1 amide bonds. The van der Waals surface area contributed by atoms with Crippen LogP contribution in [0.25, 0.3) is 0 Å². The third-order valence-corrected chi connectivity index (χ3v) is 4.80. The molecule has 1 aliphatic heterocycles. The van der Waals surface area contributed by atoms with E-state index in [0.29, 0.717) is 23.2 Å². The largest absolute Gasteiger partial charge is 0.497 e. The Bertz CT molecular complexity index is 775. The minimum Gasteiger partial charge on any atom is -0.497 e. The Morgan fingerprint density at radius 1 is 1.12 bits per heavy atom. The van der Waals surface area contributed by atoms with Crippen LogP contribution in [0.1, 0.15) is 10.4 Å². The number of nitrogens with zero attached hydrogens (tertiary/aromatic N) is 2. The first-order chi connectivity index (χ1) is 12.0. The van der Waals surface area contributed by atoms with E-state index in [4.69, 9.17) is 10.5 Å². The zero-order chi connectivity index (χ0) is 18.0. The Balaban J connectivity index is 1.77. The van der Waals surface area contributed by atoms with Crippen molar-refractivity contribution in [3.63, 3.8) is 0 Å². The molecule has 3 rings (SSSR count). The number of carbonyl (C=O) groups excluding carboxylic acids is 1. The number of methoxy groups -OCH3 is 1. The third-order valence-electron chi connectivity index (χ3n) is 4.34. The zero-order valence-corrected chi connectivity index (χ0v) is 15.4. The minimum absolute atomic E-state index is 0.0545. The van der Waals surface area contributed by atoms with Crippen LogP contribution in [0.15, 0.2) is 40.9 Å². The zero-order valence-electron chi connectivity index (χ0n) is 13.8. The van der Waals surface area contributed by atoms with Crippen LogP contribution >= 0.6 is 15.9 Å². The molecule has 1 heterocycles. The maximum absolute atomic E-state index is 14.1. The first-order valence-corrected chi connectivity index (χ1v) is 8.71. The molecule has 0 bridgehead atoms. The fourth-order valence-electron chi connectivity index (χ4n) is 3.05. The van der Waals surface area contributed by atoms with Crippen molar-refractivity contribution in [1.29, 1.82) is 0 Å². The van der Waals surface area contributed by atoms with Gasteiger partial charge in [0.1, 0.15) is 11.6 Å². The molecule has 5 nitrogen and oxygen atoms in total. The number of primary amides is 1. The standard InChI is InChI=1S/C18H19BrFN3O2/c1-25-14-4-2-13(3-5-14)22-6-8-23(9-7-22)16-11-12(19)10-15(20)17(16)18(21)24/h2-5,10-11H,6-9H2,1H3,(H2,21,24). The molecule has 0 saturated carbocycles. The van der Waals surface area contributed by atoms with Gasteiger partial charge in [-0.2, -0.15) is 0 Å². The van der Waals surface area contributed by atoms with Crippen LogP contribution in [-0.2, 0) is 0 Å². The molecule has 0 unspecified atom stereocenters.